The molecular formula is C25H19Cl2N3O3. The van der Waals surface area contributed by atoms with Crippen molar-refractivity contribution in [2.45, 2.75) is 5.92 Å². The van der Waals surface area contributed by atoms with Crippen LogP contribution < -0.4 is 15.4 Å². The molecular weight excluding hydrogens is 461 g/mol. The summed E-state index contributed by atoms with van der Waals surface area (Å²) in [4.78, 5) is 27.8. The molecule has 0 bridgehead atoms. The lowest BCUT2D eigenvalue weighted by molar-refractivity contribution is -0.118. The molecule has 1 unspecified atom stereocenters. The highest BCUT2D eigenvalue weighted by Gasteiger charge is 2.23. The number of halogens is 2. The van der Waals surface area contributed by atoms with Gasteiger partial charge in [-0.3, -0.25) is 9.59 Å². The maximum atomic E-state index is 13.0. The molecule has 0 radical (unpaired) electrons. The van der Waals surface area contributed by atoms with E-state index in [9.17, 15) is 9.59 Å². The van der Waals surface area contributed by atoms with E-state index in [1.807, 2.05) is 36.5 Å². The van der Waals surface area contributed by atoms with E-state index in [0.717, 1.165) is 22.0 Å². The quantitative estimate of drug-likeness (QED) is 0.359. The standard InChI is InChI=1S/C25H19Cl2N3O3/c26-15-6-7-16(20(27)10-15)18(19-11-28-21-4-2-1-3-17(19)21)12-29-25(32)14-5-8-22-23(9-14)33-13-24(31)30-22/h1-11,18,28H,12-13H2,(H,29,32)(H,30,31). The van der Waals surface area contributed by atoms with Gasteiger partial charge in [-0.2, -0.15) is 0 Å². The van der Waals surface area contributed by atoms with Gasteiger partial charge in [-0.25, -0.2) is 0 Å². The molecule has 1 aliphatic heterocycles. The summed E-state index contributed by atoms with van der Waals surface area (Å²) in [6.45, 7) is 0.243. The summed E-state index contributed by atoms with van der Waals surface area (Å²) in [6, 6.07) is 18.3. The zero-order valence-corrected chi connectivity index (χ0v) is 18.8. The summed E-state index contributed by atoms with van der Waals surface area (Å²) < 4.78 is 5.43. The van der Waals surface area contributed by atoms with Gasteiger partial charge in [-0.15, -0.1) is 0 Å². The number of aromatic amines is 1. The molecule has 5 rings (SSSR count). The van der Waals surface area contributed by atoms with Crippen molar-refractivity contribution in [3.05, 3.63) is 93.6 Å². The van der Waals surface area contributed by atoms with Crippen molar-refractivity contribution in [2.24, 2.45) is 0 Å². The van der Waals surface area contributed by atoms with Crippen molar-refractivity contribution in [1.29, 1.82) is 0 Å². The molecule has 8 heteroatoms. The predicted molar refractivity (Wildman–Crippen MR) is 130 cm³/mol. The van der Waals surface area contributed by atoms with Crippen LogP contribution in [0.4, 0.5) is 5.69 Å². The molecule has 0 aliphatic carbocycles. The average molecular weight is 480 g/mol. The number of H-pyrrole nitrogens is 1. The first kappa shape index (κ1) is 21.4. The molecule has 33 heavy (non-hydrogen) atoms. The number of benzene rings is 3. The molecule has 3 N–H and O–H groups in total. The van der Waals surface area contributed by atoms with E-state index in [1.54, 1.807) is 30.3 Å². The van der Waals surface area contributed by atoms with E-state index in [0.29, 0.717) is 33.6 Å². The van der Waals surface area contributed by atoms with Crippen LogP contribution in [-0.4, -0.2) is 29.9 Å². The number of rotatable bonds is 5. The monoisotopic (exact) mass is 479 g/mol. The van der Waals surface area contributed by atoms with E-state index in [4.69, 9.17) is 27.9 Å². The maximum absolute atomic E-state index is 13.0. The average Bonchev–Trinajstić information content (AvgIpc) is 3.24. The van der Waals surface area contributed by atoms with Crippen LogP contribution in [0.15, 0.2) is 66.9 Å². The van der Waals surface area contributed by atoms with E-state index < -0.39 is 0 Å². The second-order valence-electron chi connectivity index (χ2n) is 7.77. The minimum Gasteiger partial charge on any atom is -0.482 e. The first-order chi connectivity index (χ1) is 16.0. The van der Waals surface area contributed by atoms with Gasteiger partial charge in [0.1, 0.15) is 5.75 Å². The molecule has 0 spiro atoms. The Morgan fingerprint density at radius 3 is 2.76 bits per heavy atom. The van der Waals surface area contributed by atoms with E-state index in [2.05, 4.69) is 15.6 Å². The van der Waals surface area contributed by atoms with Crippen LogP contribution in [0.25, 0.3) is 10.9 Å². The number of carbonyl (C=O) groups excluding carboxylic acids is 2. The van der Waals surface area contributed by atoms with Crippen molar-refractivity contribution in [2.75, 3.05) is 18.5 Å². The molecule has 166 valence electrons. The maximum Gasteiger partial charge on any atom is 0.262 e. The van der Waals surface area contributed by atoms with Gasteiger partial charge < -0.3 is 20.4 Å². The van der Waals surface area contributed by atoms with Crippen molar-refractivity contribution in [3.63, 3.8) is 0 Å². The fourth-order valence-corrected chi connectivity index (χ4v) is 4.61. The van der Waals surface area contributed by atoms with Crippen molar-refractivity contribution in [3.8, 4) is 5.75 Å². The largest absolute Gasteiger partial charge is 0.482 e. The lowest BCUT2D eigenvalue weighted by Crippen LogP contribution is -2.30. The van der Waals surface area contributed by atoms with Crippen molar-refractivity contribution in [1.82, 2.24) is 10.3 Å². The number of para-hydroxylation sites is 1. The van der Waals surface area contributed by atoms with Crippen LogP contribution in [-0.2, 0) is 4.79 Å². The SMILES string of the molecule is O=C1COc2cc(C(=O)NCC(c3ccc(Cl)cc3Cl)c3c[nH]c4ccccc34)ccc2N1. The van der Waals surface area contributed by atoms with Crippen LogP contribution in [0, 0.1) is 0 Å². The number of carbonyl (C=O) groups is 2. The molecule has 0 fully saturated rings. The van der Waals surface area contributed by atoms with Crippen LogP contribution >= 0.6 is 23.2 Å². The Morgan fingerprint density at radius 1 is 1.06 bits per heavy atom. The summed E-state index contributed by atoms with van der Waals surface area (Å²) in [7, 11) is 0. The summed E-state index contributed by atoms with van der Waals surface area (Å²) in [6.07, 6.45) is 1.95. The topological polar surface area (TPSA) is 83.2 Å². The first-order valence-corrected chi connectivity index (χ1v) is 11.1. The Kier molecular flexibility index (Phi) is 5.70. The molecule has 4 aromatic rings. The fraction of sp³-hybridized carbons (Fsp3) is 0.120. The summed E-state index contributed by atoms with van der Waals surface area (Å²) in [5.74, 6) is -0.214. The highest BCUT2D eigenvalue weighted by Crippen LogP contribution is 2.35. The Bertz CT molecular complexity index is 1380. The van der Waals surface area contributed by atoms with Crippen molar-refractivity contribution < 1.29 is 14.3 Å². The number of fused-ring (bicyclic) bond motifs is 2. The Morgan fingerprint density at radius 2 is 1.91 bits per heavy atom. The minimum atomic E-state index is -0.256. The number of anilines is 1. The molecule has 1 atom stereocenters. The van der Waals surface area contributed by atoms with Gasteiger partial charge in [0, 0.05) is 45.2 Å². The first-order valence-electron chi connectivity index (χ1n) is 10.4. The van der Waals surface area contributed by atoms with E-state index in [1.165, 1.54) is 0 Å². The third kappa shape index (κ3) is 4.27. The van der Waals surface area contributed by atoms with Gasteiger partial charge in [-0.1, -0.05) is 47.5 Å². The van der Waals surface area contributed by atoms with Gasteiger partial charge in [0.25, 0.3) is 11.8 Å². The minimum absolute atomic E-state index is 0.0736. The highest BCUT2D eigenvalue weighted by molar-refractivity contribution is 6.35. The van der Waals surface area contributed by atoms with Crippen LogP contribution in [0.5, 0.6) is 5.75 Å². The van der Waals surface area contributed by atoms with E-state index in [-0.39, 0.29) is 24.3 Å². The highest BCUT2D eigenvalue weighted by atomic mass is 35.5. The smallest absolute Gasteiger partial charge is 0.262 e. The fourth-order valence-electron chi connectivity index (χ4n) is 4.07. The Hall–Kier alpha value is -3.48. The van der Waals surface area contributed by atoms with Crippen molar-refractivity contribution >= 4 is 51.6 Å². The number of nitrogens with one attached hydrogen (secondary N) is 3. The number of hydrogen-bond donors (Lipinski definition) is 3. The van der Waals surface area contributed by atoms with Gasteiger partial charge >= 0.3 is 0 Å². The molecule has 1 aromatic heterocycles. The Labute approximate surface area is 199 Å². The molecule has 1 aliphatic rings. The Balaban J connectivity index is 1.44. The van der Waals surface area contributed by atoms with Gasteiger partial charge in [-0.05, 0) is 47.5 Å². The number of hydrogen-bond acceptors (Lipinski definition) is 3. The molecule has 2 amide bonds. The molecule has 6 nitrogen and oxygen atoms in total. The van der Waals surface area contributed by atoms with Gasteiger partial charge in [0.15, 0.2) is 6.61 Å². The third-order valence-electron chi connectivity index (χ3n) is 5.68. The van der Waals surface area contributed by atoms with Crippen LogP contribution in [0.3, 0.4) is 0 Å². The van der Waals surface area contributed by atoms with Crippen LogP contribution in [0.1, 0.15) is 27.4 Å². The third-order valence-corrected chi connectivity index (χ3v) is 6.24. The lowest BCUT2D eigenvalue weighted by Gasteiger charge is -2.21. The molecule has 2 heterocycles. The van der Waals surface area contributed by atoms with E-state index >= 15 is 0 Å². The van der Waals surface area contributed by atoms with Crippen LogP contribution in [0.2, 0.25) is 10.0 Å². The molecule has 0 saturated heterocycles. The summed E-state index contributed by atoms with van der Waals surface area (Å²) in [5, 5.41) is 7.88. The molecule has 3 aromatic carbocycles. The zero-order valence-electron chi connectivity index (χ0n) is 17.3. The number of ether oxygens (including phenoxy) is 1. The zero-order chi connectivity index (χ0) is 22.9. The second kappa shape index (κ2) is 8.81. The number of amides is 2. The second-order valence-corrected chi connectivity index (χ2v) is 8.61. The summed E-state index contributed by atoms with van der Waals surface area (Å²) in [5.41, 5.74) is 3.87. The summed E-state index contributed by atoms with van der Waals surface area (Å²) >= 11 is 12.7. The lowest BCUT2D eigenvalue weighted by atomic mass is 9.90. The van der Waals surface area contributed by atoms with Gasteiger partial charge in [0.2, 0.25) is 0 Å². The van der Waals surface area contributed by atoms with Gasteiger partial charge in [0.05, 0.1) is 5.69 Å². The normalized spacial score (nSPS) is 13.7. The predicted octanol–water partition coefficient (Wildman–Crippen LogP) is 5.37. The number of aromatic nitrogens is 1. The molecule has 0 saturated carbocycles.